The van der Waals surface area contributed by atoms with Gasteiger partial charge in [-0.1, -0.05) is 13.8 Å². The topological polar surface area (TPSA) is 34.1 Å². The van der Waals surface area contributed by atoms with E-state index in [1.54, 1.807) is 13.2 Å². The second-order valence-corrected chi connectivity index (χ2v) is 4.76. The van der Waals surface area contributed by atoms with Crippen LogP contribution in [0.3, 0.4) is 0 Å². The highest BCUT2D eigenvalue weighted by Crippen LogP contribution is 2.18. The Balaban J connectivity index is 2.57. The van der Waals surface area contributed by atoms with E-state index in [1.807, 2.05) is 0 Å². The van der Waals surface area contributed by atoms with E-state index in [4.69, 9.17) is 4.74 Å². The summed E-state index contributed by atoms with van der Waals surface area (Å²) in [5, 5.41) is 3.47. The Morgan fingerprint density at radius 1 is 1.33 bits per heavy atom. The average molecular weight is 254 g/mol. The average Bonchev–Trinajstić information content (AvgIpc) is 2.34. The molecule has 0 aliphatic rings. The minimum atomic E-state index is -0.290. The first-order valence-electron chi connectivity index (χ1n) is 6.50. The molecule has 1 N–H and O–H groups in total. The predicted octanol–water partition coefficient (Wildman–Crippen LogP) is 3.08. The first-order valence-corrected chi connectivity index (χ1v) is 6.50. The van der Waals surface area contributed by atoms with Crippen LogP contribution in [0.5, 0.6) is 0 Å². The molecule has 18 heavy (non-hydrogen) atoms. The number of pyridine rings is 1. The van der Waals surface area contributed by atoms with E-state index in [0.29, 0.717) is 6.04 Å². The number of ether oxygens (including phenoxy) is 1. The summed E-state index contributed by atoms with van der Waals surface area (Å²) in [5.74, 6) is -0.290. The SMILES string of the molecule is COCCCCC(NC(C)C)c1ccc(F)cn1. The number of halogens is 1. The normalized spacial score (nSPS) is 12.9. The van der Waals surface area contributed by atoms with Gasteiger partial charge in [0.1, 0.15) is 5.82 Å². The molecule has 0 spiro atoms. The fourth-order valence-corrected chi connectivity index (χ4v) is 1.91. The lowest BCUT2D eigenvalue weighted by Crippen LogP contribution is -2.28. The number of nitrogens with one attached hydrogen (secondary N) is 1. The summed E-state index contributed by atoms with van der Waals surface area (Å²) in [6.45, 7) is 4.99. The van der Waals surface area contributed by atoms with Crippen molar-refractivity contribution in [3.8, 4) is 0 Å². The quantitative estimate of drug-likeness (QED) is 0.724. The van der Waals surface area contributed by atoms with Crippen LogP contribution < -0.4 is 5.32 Å². The molecular formula is C14H23FN2O. The number of hydrogen-bond acceptors (Lipinski definition) is 3. The van der Waals surface area contributed by atoms with Crippen molar-refractivity contribution in [3.63, 3.8) is 0 Å². The maximum Gasteiger partial charge on any atom is 0.141 e. The zero-order valence-electron chi connectivity index (χ0n) is 11.4. The zero-order valence-corrected chi connectivity index (χ0v) is 11.4. The number of methoxy groups -OCH3 is 1. The van der Waals surface area contributed by atoms with Crippen molar-refractivity contribution in [1.29, 1.82) is 0 Å². The molecule has 0 saturated carbocycles. The van der Waals surface area contributed by atoms with Crippen LogP contribution in [0.25, 0.3) is 0 Å². The molecule has 102 valence electrons. The monoisotopic (exact) mass is 254 g/mol. The van der Waals surface area contributed by atoms with Crippen LogP contribution in [-0.2, 0) is 4.74 Å². The van der Waals surface area contributed by atoms with Crippen LogP contribution >= 0.6 is 0 Å². The second-order valence-electron chi connectivity index (χ2n) is 4.76. The van der Waals surface area contributed by atoms with E-state index in [9.17, 15) is 4.39 Å². The first-order chi connectivity index (χ1) is 8.63. The summed E-state index contributed by atoms with van der Waals surface area (Å²) < 4.78 is 17.9. The van der Waals surface area contributed by atoms with E-state index in [1.165, 1.54) is 12.3 Å². The van der Waals surface area contributed by atoms with Crippen molar-refractivity contribution in [2.24, 2.45) is 0 Å². The molecule has 0 aliphatic carbocycles. The number of aromatic nitrogens is 1. The van der Waals surface area contributed by atoms with E-state index in [0.717, 1.165) is 31.6 Å². The number of unbranched alkanes of at least 4 members (excludes halogenated alkanes) is 1. The minimum Gasteiger partial charge on any atom is -0.385 e. The maximum absolute atomic E-state index is 12.9. The van der Waals surface area contributed by atoms with Crippen LogP contribution in [-0.4, -0.2) is 24.7 Å². The van der Waals surface area contributed by atoms with E-state index < -0.39 is 0 Å². The summed E-state index contributed by atoms with van der Waals surface area (Å²) in [4.78, 5) is 4.16. The molecule has 1 aromatic rings. The van der Waals surface area contributed by atoms with Crippen molar-refractivity contribution in [3.05, 3.63) is 29.8 Å². The third-order valence-corrected chi connectivity index (χ3v) is 2.73. The van der Waals surface area contributed by atoms with Gasteiger partial charge in [0.2, 0.25) is 0 Å². The van der Waals surface area contributed by atoms with Gasteiger partial charge in [-0.2, -0.15) is 0 Å². The lowest BCUT2D eigenvalue weighted by molar-refractivity contribution is 0.190. The number of hydrogen-bond donors (Lipinski definition) is 1. The molecule has 0 saturated heterocycles. The summed E-state index contributed by atoms with van der Waals surface area (Å²) in [5.41, 5.74) is 0.905. The Morgan fingerprint density at radius 2 is 2.11 bits per heavy atom. The van der Waals surface area contributed by atoms with Crippen molar-refractivity contribution in [2.75, 3.05) is 13.7 Å². The Morgan fingerprint density at radius 3 is 2.67 bits per heavy atom. The van der Waals surface area contributed by atoms with Crippen molar-refractivity contribution < 1.29 is 9.13 Å². The van der Waals surface area contributed by atoms with Crippen LogP contribution in [0.1, 0.15) is 44.8 Å². The van der Waals surface area contributed by atoms with Gasteiger partial charge in [-0.3, -0.25) is 4.98 Å². The third kappa shape index (κ3) is 5.56. The summed E-state index contributed by atoms with van der Waals surface area (Å²) >= 11 is 0. The zero-order chi connectivity index (χ0) is 13.4. The molecule has 1 atom stereocenters. The van der Waals surface area contributed by atoms with Gasteiger partial charge >= 0.3 is 0 Å². The lowest BCUT2D eigenvalue weighted by Gasteiger charge is -2.20. The summed E-state index contributed by atoms with van der Waals surface area (Å²) in [7, 11) is 1.71. The third-order valence-electron chi connectivity index (χ3n) is 2.73. The second kappa shape index (κ2) is 8.16. The summed E-state index contributed by atoms with van der Waals surface area (Å²) in [6.07, 6.45) is 4.37. The van der Waals surface area contributed by atoms with Crippen molar-refractivity contribution in [1.82, 2.24) is 10.3 Å². The molecule has 0 aromatic carbocycles. The molecule has 1 unspecified atom stereocenters. The van der Waals surface area contributed by atoms with Gasteiger partial charge in [0.25, 0.3) is 0 Å². The van der Waals surface area contributed by atoms with E-state index in [2.05, 4.69) is 24.1 Å². The molecule has 1 heterocycles. The van der Waals surface area contributed by atoms with Crippen molar-refractivity contribution in [2.45, 2.75) is 45.2 Å². The van der Waals surface area contributed by atoms with Crippen LogP contribution in [0.2, 0.25) is 0 Å². The molecule has 4 heteroatoms. The highest BCUT2D eigenvalue weighted by atomic mass is 19.1. The number of rotatable bonds is 8. The van der Waals surface area contributed by atoms with Crippen LogP contribution in [0.15, 0.2) is 18.3 Å². The minimum absolute atomic E-state index is 0.183. The van der Waals surface area contributed by atoms with Crippen LogP contribution in [0, 0.1) is 5.82 Å². The largest absolute Gasteiger partial charge is 0.385 e. The molecule has 0 radical (unpaired) electrons. The smallest absolute Gasteiger partial charge is 0.141 e. The molecule has 1 rings (SSSR count). The maximum atomic E-state index is 12.9. The lowest BCUT2D eigenvalue weighted by atomic mass is 10.0. The van der Waals surface area contributed by atoms with E-state index >= 15 is 0 Å². The molecule has 0 fully saturated rings. The first kappa shape index (κ1) is 15.1. The highest BCUT2D eigenvalue weighted by Gasteiger charge is 2.13. The van der Waals surface area contributed by atoms with Gasteiger partial charge in [0, 0.05) is 25.8 Å². The number of nitrogens with zero attached hydrogens (tertiary/aromatic N) is 1. The highest BCUT2D eigenvalue weighted by molar-refractivity contribution is 5.10. The predicted molar refractivity (Wildman–Crippen MR) is 70.9 cm³/mol. The van der Waals surface area contributed by atoms with Gasteiger partial charge in [-0.05, 0) is 31.4 Å². The fourth-order valence-electron chi connectivity index (χ4n) is 1.91. The Hall–Kier alpha value is -1.00. The van der Waals surface area contributed by atoms with E-state index in [-0.39, 0.29) is 11.9 Å². The van der Waals surface area contributed by atoms with Gasteiger partial charge in [0.15, 0.2) is 0 Å². The van der Waals surface area contributed by atoms with Gasteiger partial charge in [-0.15, -0.1) is 0 Å². The molecule has 0 bridgehead atoms. The molecule has 0 amide bonds. The van der Waals surface area contributed by atoms with Gasteiger partial charge in [-0.25, -0.2) is 4.39 Å². The van der Waals surface area contributed by atoms with Crippen molar-refractivity contribution >= 4 is 0 Å². The fraction of sp³-hybridized carbons (Fsp3) is 0.643. The Bertz CT molecular complexity index is 327. The standard InChI is InChI=1S/C14H23FN2O/c1-11(2)17-14(6-4-5-9-18-3)13-8-7-12(15)10-16-13/h7-8,10-11,14,17H,4-6,9H2,1-3H3. The Labute approximate surface area is 109 Å². The van der Waals surface area contributed by atoms with Gasteiger partial charge in [0.05, 0.1) is 11.9 Å². The summed E-state index contributed by atoms with van der Waals surface area (Å²) in [6, 6.07) is 3.78. The Kier molecular flexibility index (Phi) is 6.83. The molecule has 1 aromatic heterocycles. The van der Waals surface area contributed by atoms with Crippen LogP contribution in [0.4, 0.5) is 4.39 Å². The molecular weight excluding hydrogens is 231 g/mol. The molecule has 3 nitrogen and oxygen atoms in total. The van der Waals surface area contributed by atoms with Gasteiger partial charge < -0.3 is 10.1 Å². The molecule has 0 aliphatic heterocycles.